The van der Waals surface area contributed by atoms with Crippen LogP contribution in [0.5, 0.6) is 0 Å². The highest BCUT2D eigenvalue weighted by molar-refractivity contribution is 6.74. The lowest BCUT2D eigenvalue weighted by Gasteiger charge is -2.36. The summed E-state index contributed by atoms with van der Waals surface area (Å²) in [6.07, 6.45) is 0.519. The third kappa shape index (κ3) is 5.46. The molecule has 1 fully saturated rings. The van der Waals surface area contributed by atoms with Crippen molar-refractivity contribution in [1.29, 1.82) is 0 Å². The number of imide groups is 1. The van der Waals surface area contributed by atoms with Crippen molar-refractivity contribution < 1.29 is 18.8 Å². The summed E-state index contributed by atoms with van der Waals surface area (Å²) in [6.45, 7) is 12.4. The molecule has 0 bridgehead atoms. The van der Waals surface area contributed by atoms with Crippen LogP contribution >= 0.6 is 0 Å². The van der Waals surface area contributed by atoms with E-state index < -0.39 is 20.3 Å². The largest absolute Gasteiger partial charge is 0.414 e. The van der Waals surface area contributed by atoms with Gasteiger partial charge in [0.1, 0.15) is 12.6 Å². The van der Waals surface area contributed by atoms with Gasteiger partial charge in [0.05, 0.1) is 24.2 Å². The zero-order valence-electron chi connectivity index (χ0n) is 20.3. The Balaban J connectivity index is 1.64. The van der Waals surface area contributed by atoms with E-state index in [9.17, 15) is 14.4 Å². The molecule has 0 aliphatic carbocycles. The number of rotatable bonds is 6. The molecule has 8 nitrogen and oxygen atoms in total. The van der Waals surface area contributed by atoms with Crippen molar-refractivity contribution in [2.75, 3.05) is 19.8 Å². The van der Waals surface area contributed by atoms with Crippen LogP contribution in [-0.4, -0.2) is 49.1 Å². The topological polar surface area (TPSA) is 91.6 Å². The summed E-state index contributed by atoms with van der Waals surface area (Å²) >= 11 is 0. The summed E-state index contributed by atoms with van der Waals surface area (Å²) in [5, 5.41) is 2.48. The molecule has 2 aromatic rings. The van der Waals surface area contributed by atoms with Crippen molar-refractivity contribution in [2.45, 2.75) is 57.8 Å². The first-order chi connectivity index (χ1) is 15.4. The van der Waals surface area contributed by atoms with Crippen molar-refractivity contribution in [1.82, 2.24) is 14.5 Å². The maximum Gasteiger partial charge on any atom is 0.329 e. The molecule has 1 aliphatic heterocycles. The van der Waals surface area contributed by atoms with Gasteiger partial charge in [-0.05, 0) is 42.8 Å². The van der Waals surface area contributed by atoms with Crippen LogP contribution in [0, 0.1) is 11.8 Å². The minimum Gasteiger partial charge on any atom is -0.414 e. The highest BCUT2D eigenvalue weighted by Gasteiger charge is 2.36. The van der Waals surface area contributed by atoms with Crippen LogP contribution in [0.15, 0.2) is 23.0 Å². The quantitative estimate of drug-likeness (QED) is 0.303. The Hall–Kier alpha value is -2.67. The van der Waals surface area contributed by atoms with Gasteiger partial charge in [0.15, 0.2) is 8.32 Å². The number of nitrogens with one attached hydrogen (secondary N) is 1. The number of carbonyl (C=O) groups excluding carboxylic acids is 2. The Labute approximate surface area is 195 Å². The fourth-order valence-corrected chi connectivity index (χ4v) is 4.53. The number of carbonyl (C=O) groups is 2. The molecule has 1 unspecified atom stereocenters. The van der Waals surface area contributed by atoms with Gasteiger partial charge in [0, 0.05) is 19.0 Å². The van der Waals surface area contributed by atoms with Crippen LogP contribution in [0.3, 0.4) is 0 Å². The van der Waals surface area contributed by atoms with Crippen molar-refractivity contribution in [3.63, 3.8) is 0 Å². The standard InChI is InChI=1S/C24H33N3O5Si/c1-24(2,3)33(5,6)32-15-14-31-13-7-8-17-9-10-18-20(16-17)26(4)23(30)27(18)19-11-12-21(28)25-22(19)29/h9-10,16,19H,11-15H2,1-6H3,(H,25,28,29). The molecule has 3 rings (SSSR count). The molecule has 1 aromatic heterocycles. The summed E-state index contributed by atoms with van der Waals surface area (Å²) in [6, 6.07) is 4.74. The van der Waals surface area contributed by atoms with E-state index in [0.29, 0.717) is 30.7 Å². The number of nitrogens with zero attached hydrogens (tertiary/aromatic N) is 2. The predicted molar refractivity (Wildman–Crippen MR) is 129 cm³/mol. The Morgan fingerprint density at radius 1 is 1.15 bits per heavy atom. The molecule has 1 N–H and O–H groups in total. The monoisotopic (exact) mass is 471 g/mol. The van der Waals surface area contributed by atoms with Crippen LogP contribution in [0.4, 0.5) is 0 Å². The molecular formula is C24H33N3O5Si. The van der Waals surface area contributed by atoms with Gasteiger partial charge in [-0.25, -0.2) is 4.79 Å². The van der Waals surface area contributed by atoms with E-state index in [4.69, 9.17) is 9.16 Å². The Kier molecular flexibility index (Phi) is 7.31. The minimum atomic E-state index is -1.77. The number of ether oxygens (including phenoxy) is 1. The molecule has 9 heteroatoms. The Bertz CT molecular complexity index is 1180. The van der Waals surface area contributed by atoms with Crippen molar-refractivity contribution in [3.8, 4) is 11.8 Å². The molecule has 2 heterocycles. The fourth-order valence-electron chi connectivity index (χ4n) is 3.50. The second-order valence-corrected chi connectivity index (χ2v) is 14.7. The number of hydrogen-bond acceptors (Lipinski definition) is 5. The van der Waals surface area contributed by atoms with Crippen molar-refractivity contribution in [3.05, 3.63) is 34.2 Å². The van der Waals surface area contributed by atoms with E-state index in [1.165, 1.54) is 9.13 Å². The molecule has 1 saturated heterocycles. The summed E-state index contributed by atoms with van der Waals surface area (Å²) < 4.78 is 14.6. The number of imidazole rings is 1. The molecule has 0 saturated carbocycles. The number of amides is 2. The second-order valence-electron chi connectivity index (χ2n) is 9.85. The van der Waals surface area contributed by atoms with E-state index in [2.05, 4.69) is 51.0 Å². The van der Waals surface area contributed by atoms with Crippen LogP contribution in [0.1, 0.15) is 45.2 Å². The lowest BCUT2D eigenvalue weighted by molar-refractivity contribution is -0.135. The first-order valence-electron chi connectivity index (χ1n) is 11.2. The highest BCUT2D eigenvalue weighted by atomic mass is 28.4. The molecule has 1 aromatic carbocycles. The summed E-state index contributed by atoms with van der Waals surface area (Å²) in [5.74, 6) is 5.31. The van der Waals surface area contributed by atoms with Gasteiger partial charge >= 0.3 is 5.69 Å². The lowest BCUT2D eigenvalue weighted by atomic mass is 10.1. The van der Waals surface area contributed by atoms with E-state index in [0.717, 1.165) is 5.56 Å². The molecular weight excluding hydrogens is 438 g/mol. The van der Waals surface area contributed by atoms with Gasteiger partial charge in [-0.1, -0.05) is 32.6 Å². The lowest BCUT2D eigenvalue weighted by Crippen LogP contribution is -2.44. The molecule has 2 amide bonds. The summed E-state index contributed by atoms with van der Waals surface area (Å²) in [5.41, 5.74) is 1.77. The van der Waals surface area contributed by atoms with Gasteiger partial charge in [0.25, 0.3) is 0 Å². The molecule has 0 spiro atoms. The number of hydrogen-bond donors (Lipinski definition) is 1. The predicted octanol–water partition coefficient (Wildman–Crippen LogP) is 2.71. The van der Waals surface area contributed by atoms with E-state index >= 15 is 0 Å². The number of aryl methyl sites for hydroxylation is 1. The maximum atomic E-state index is 12.8. The number of piperidine rings is 1. The Morgan fingerprint density at radius 3 is 2.55 bits per heavy atom. The highest BCUT2D eigenvalue weighted by Crippen LogP contribution is 2.36. The van der Waals surface area contributed by atoms with Crippen molar-refractivity contribution >= 4 is 31.2 Å². The van der Waals surface area contributed by atoms with Crippen LogP contribution in [0.25, 0.3) is 11.0 Å². The number of fused-ring (bicyclic) bond motifs is 1. The SMILES string of the molecule is Cn1c(=O)n(C2CCC(=O)NC2=O)c2ccc(C#CCOCCO[Si](C)(C)C(C)(C)C)cc21. The smallest absolute Gasteiger partial charge is 0.329 e. The average molecular weight is 472 g/mol. The first kappa shape index (κ1) is 25.0. The van der Waals surface area contributed by atoms with Gasteiger partial charge in [-0.3, -0.25) is 24.0 Å². The van der Waals surface area contributed by atoms with Crippen molar-refractivity contribution in [2.24, 2.45) is 7.05 Å². The second kappa shape index (κ2) is 9.67. The van der Waals surface area contributed by atoms with E-state index in [1.54, 1.807) is 13.1 Å². The third-order valence-electron chi connectivity index (χ3n) is 6.51. The number of aromatic nitrogens is 2. The third-order valence-corrected chi connectivity index (χ3v) is 11.1. The number of benzene rings is 1. The molecule has 1 atom stereocenters. The van der Waals surface area contributed by atoms with Gasteiger partial charge in [-0.15, -0.1) is 0 Å². The normalized spacial score (nSPS) is 17.1. The Morgan fingerprint density at radius 2 is 1.88 bits per heavy atom. The average Bonchev–Trinajstić information content (AvgIpc) is 2.97. The summed E-state index contributed by atoms with van der Waals surface area (Å²) in [4.78, 5) is 36.6. The van der Waals surface area contributed by atoms with Gasteiger partial charge in [-0.2, -0.15) is 0 Å². The van der Waals surface area contributed by atoms with E-state index in [-0.39, 0.29) is 29.7 Å². The molecule has 33 heavy (non-hydrogen) atoms. The van der Waals surface area contributed by atoms with E-state index in [1.807, 2.05) is 12.1 Å². The van der Waals surface area contributed by atoms with Gasteiger partial charge in [0.2, 0.25) is 11.8 Å². The van der Waals surface area contributed by atoms with Gasteiger partial charge < -0.3 is 9.16 Å². The zero-order valence-corrected chi connectivity index (χ0v) is 21.3. The maximum absolute atomic E-state index is 12.8. The first-order valence-corrected chi connectivity index (χ1v) is 14.1. The molecule has 1 aliphatic rings. The van der Waals surface area contributed by atoms with Crippen LogP contribution in [-0.2, 0) is 25.8 Å². The van der Waals surface area contributed by atoms with Crippen LogP contribution < -0.4 is 11.0 Å². The zero-order chi connectivity index (χ0) is 24.4. The fraction of sp³-hybridized carbons (Fsp3) is 0.542. The van der Waals surface area contributed by atoms with Crippen LogP contribution in [0.2, 0.25) is 18.1 Å². The summed E-state index contributed by atoms with van der Waals surface area (Å²) in [7, 11) is -0.106. The molecule has 178 valence electrons. The minimum absolute atomic E-state index is 0.169. The molecule has 0 radical (unpaired) electrons.